The van der Waals surface area contributed by atoms with E-state index in [1.165, 1.54) is 49.2 Å². The van der Waals surface area contributed by atoms with Gasteiger partial charge in [-0.25, -0.2) is 4.98 Å². The maximum atomic E-state index is 5.23. The van der Waals surface area contributed by atoms with Gasteiger partial charge in [0.25, 0.3) is 0 Å². The molecule has 0 saturated heterocycles. The lowest BCUT2D eigenvalue weighted by Crippen LogP contribution is -1.98. The van der Waals surface area contributed by atoms with Gasteiger partial charge in [0.2, 0.25) is 0 Å². The minimum Gasteiger partial charge on any atom is -0.309 e. The molecule has 3 nitrogen and oxygen atoms in total. The van der Waals surface area contributed by atoms with Crippen molar-refractivity contribution in [3.63, 3.8) is 0 Å². The Balaban J connectivity index is 1.06. The standard InChI is InChI=1S/C53H35N3/c1-3-15-36(16-4-1)41-32-48(37-17-5-2-6-18-37)54-49(33-41)40-20-13-19-38(31-40)39-29-30-47-46-25-9-12-28-52(46)56(53(47)34-39)43-22-14-21-42(35-43)55-50-26-10-7-23-44(50)45-24-8-11-27-51(45)55/h1-35H. The molecule has 3 heterocycles. The molecule has 0 saturated carbocycles. The summed E-state index contributed by atoms with van der Waals surface area (Å²) in [6.07, 6.45) is 0. The van der Waals surface area contributed by atoms with Crippen LogP contribution in [-0.4, -0.2) is 14.1 Å². The third-order valence-corrected chi connectivity index (χ3v) is 11.1. The summed E-state index contributed by atoms with van der Waals surface area (Å²) in [6.45, 7) is 0. The summed E-state index contributed by atoms with van der Waals surface area (Å²) in [6, 6.07) is 76.2. The van der Waals surface area contributed by atoms with Crippen molar-refractivity contribution in [2.75, 3.05) is 0 Å². The van der Waals surface area contributed by atoms with Crippen LogP contribution in [-0.2, 0) is 0 Å². The number of pyridine rings is 1. The molecule has 0 bridgehead atoms. The molecule has 0 unspecified atom stereocenters. The van der Waals surface area contributed by atoms with Crippen LogP contribution in [0.3, 0.4) is 0 Å². The molecule has 0 aliphatic heterocycles. The number of benzene rings is 8. The number of fused-ring (bicyclic) bond motifs is 6. The van der Waals surface area contributed by atoms with Crippen LogP contribution in [0, 0.1) is 0 Å². The lowest BCUT2D eigenvalue weighted by molar-refractivity contribution is 1.13. The Hall–Kier alpha value is -7.49. The van der Waals surface area contributed by atoms with Gasteiger partial charge in [0.15, 0.2) is 0 Å². The molecule has 262 valence electrons. The van der Waals surface area contributed by atoms with Crippen molar-refractivity contribution in [1.82, 2.24) is 14.1 Å². The minimum absolute atomic E-state index is 0.948. The molecule has 0 fully saturated rings. The fraction of sp³-hybridized carbons (Fsp3) is 0. The van der Waals surface area contributed by atoms with E-state index in [2.05, 4.69) is 215 Å². The molecule has 11 aromatic rings. The van der Waals surface area contributed by atoms with Crippen LogP contribution in [0.15, 0.2) is 212 Å². The van der Waals surface area contributed by atoms with E-state index < -0.39 is 0 Å². The Morgan fingerprint density at radius 3 is 1.32 bits per heavy atom. The SMILES string of the molecule is c1ccc(-c2cc(-c3ccccc3)nc(-c3cccc(-c4ccc5c6ccccc6n(-c6cccc(-n7c8ccccc8c8ccccc87)c6)c5c4)c3)c2)cc1. The van der Waals surface area contributed by atoms with Gasteiger partial charge in [-0.05, 0) is 82.9 Å². The van der Waals surface area contributed by atoms with Gasteiger partial charge in [0, 0.05) is 44.0 Å². The van der Waals surface area contributed by atoms with Gasteiger partial charge in [0.05, 0.1) is 33.5 Å². The van der Waals surface area contributed by atoms with Crippen molar-refractivity contribution >= 4 is 43.6 Å². The van der Waals surface area contributed by atoms with Gasteiger partial charge in [0.1, 0.15) is 0 Å². The highest BCUT2D eigenvalue weighted by Crippen LogP contribution is 2.38. The van der Waals surface area contributed by atoms with Crippen molar-refractivity contribution in [2.45, 2.75) is 0 Å². The molecule has 3 aromatic heterocycles. The Kier molecular flexibility index (Phi) is 7.49. The maximum absolute atomic E-state index is 5.23. The fourth-order valence-electron chi connectivity index (χ4n) is 8.49. The van der Waals surface area contributed by atoms with Gasteiger partial charge in [-0.15, -0.1) is 0 Å². The first-order valence-corrected chi connectivity index (χ1v) is 19.1. The highest BCUT2D eigenvalue weighted by molar-refractivity contribution is 6.11. The average Bonchev–Trinajstić information content (AvgIpc) is 3.80. The molecular weight excluding hydrogens is 679 g/mol. The first-order valence-electron chi connectivity index (χ1n) is 19.1. The van der Waals surface area contributed by atoms with Crippen LogP contribution in [0.1, 0.15) is 0 Å². The van der Waals surface area contributed by atoms with Crippen LogP contribution < -0.4 is 0 Å². The number of hydrogen-bond donors (Lipinski definition) is 0. The topological polar surface area (TPSA) is 22.8 Å². The van der Waals surface area contributed by atoms with E-state index in [-0.39, 0.29) is 0 Å². The normalized spacial score (nSPS) is 11.6. The molecule has 0 aliphatic rings. The molecule has 8 aromatic carbocycles. The molecule has 0 atom stereocenters. The fourth-order valence-corrected chi connectivity index (χ4v) is 8.49. The highest BCUT2D eigenvalue weighted by Gasteiger charge is 2.17. The summed E-state index contributed by atoms with van der Waals surface area (Å²) in [5, 5.41) is 4.99. The van der Waals surface area contributed by atoms with E-state index in [0.29, 0.717) is 0 Å². The summed E-state index contributed by atoms with van der Waals surface area (Å²) in [4.78, 5) is 5.23. The summed E-state index contributed by atoms with van der Waals surface area (Å²) >= 11 is 0. The second-order valence-electron chi connectivity index (χ2n) is 14.4. The molecule has 0 radical (unpaired) electrons. The van der Waals surface area contributed by atoms with Gasteiger partial charge >= 0.3 is 0 Å². The lowest BCUT2D eigenvalue weighted by Gasteiger charge is -2.13. The zero-order chi connectivity index (χ0) is 37.0. The van der Waals surface area contributed by atoms with Gasteiger partial charge in [-0.3, -0.25) is 0 Å². The Labute approximate surface area is 325 Å². The second kappa shape index (κ2) is 13.1. The second-order valence-corrected chi connectivity index (χ2v) is 14.4. The van der Waals surface area contributed by atoms with Crippen LogP contribution in [0.2, 0.25) is 0 Å². The van der Waals surface area contributed by atoms with Crippen LogP contribution in [0.4, 0.5) is 0 Å². The molecule has 0 aliphatic carbocycles. The van der Waals surface area contributed by atoms with E-state index >= 15 is 0 Å². The van der Waals surface area contributed by atoms with Crippen LogP contribution in [0.25, 0.3) is 99.8 Å². The zero-order valence-electron chi connectivity index (χ0n) is 30.5. The summed E-state index contributed by atoms with van der Waals surface area (Å²) in [5.41, 5.74) is 15.7. The van der Waals surface area contributed by atoms with Gasteiger partial charge < -0.3 is 9.13 Å². The van der Waals surface area contributed by atoms with E-state index in [9.17, 15) is 0 Å². The van der Waals surface area contributed by atoms with Crippen molar-refractivity contribution in [3.05, 3.63) is 212 Å². The average molecular weight is 714 g/mol. The zero-order valence-corrected chi connectivity index (χ0v) is 30.5. The lowest BCUT2D eigenvalue weighted by atomic mass is 9.97. The van der Waals surface area contributed by atoms with E-state index in [0.717, 1.165) is 50.6 Å². The largest absolute Gasteiger partial charge is 0.309 e. The van der Waals surface area contributed by atoms with E-state index in [1.807, 2.05) is 6.07 Å². The predicted molar refractivity (Wildman–Crippen MR) is 235 cm³/mol. The summed E-state index contributed by atoms with van der Waals surface area (Å²) < 4.78 is 4.81. The quantitative estimate of drug-likeness (QED) is 0.168. The molecule has 11 rings (SSSR count). The Bertz CT molecular complexity index is 3130. The molecule has 3 heteroatoms. The summed E-state index contributed by atoms with van der Waals surface area (Å²) in [7, 11) is 0. The number of nitrogens with zero attached hydrogens (tertiary/aromatic N) is 3. The third-order valence-electron chi connectivity index (χ3n) is 11.1. The van der Waals surface area contributed by atoms with E-state index in [1.54, 1.807) is 0 Å². The van der Waals surface area contributed by atoms with Crippen molar-refractivity contribution in [3.8, 4) is 56.1 Å². The molecular formula is C53H35N3. The van der Waals surface area contributed by atoms with Crippen molar-refractivity contribution in [2.24, 2.45) is 0 Å². The third kappa shape index (κ3) is 5.32. The summed E-state index contributed by atoms with van der Waals surface area (Å²) in [5.74, 6) is 0. The smallest absolute Gasteiger partial charge is 0.0715 e. The van der Waals surface area contributed by atoms with Crippen LogP contribution in [0.5, 0.6) is 0 Å². The first kappa shape index (κ1) is 32.0. The first-order chi connectivity index (χ1) is 27.8. The Morgan fingerprint density at radius 2 is 0.696 bits per heavy atom. The molecule has 0 amide bonds. The molecule has 0 spiro atoms. The van der Waals surface area contributed by atoms with Gasteiger partial charge in [-0.1, -0.05) is 152 Å². The molecule has 0 N–H and O–H groups in total. The highest BCUT2D eigenvalue weighted by atomic mass is 15.0. The monoisotopic (exact) mass is 713 g/mol. The van der Waals surface area contributed by atoms with Gasteiger partial charge in [-0.2, -0.15) is 0 Å². The Morgan fingerprint density at radius 1 is 0.250 bits per heavy atom. The number of aromatic nitrogens is 3. The van der Waals surface area contributed by atoms with E-state index in [4.69, 9.17) is 4.98 Å². The maximum Gasteiger partial charge on any atom is 0.0715 e. The van der Waals surface area contributed by atoms with Crippen LogP contribution >= 0.6 is 0 Å². The predicted octanol–water partition coefficient (Wildman–Crippen LogP) is 13.9. The number of rotatable bonds is 6. The number of hydrogen-bond acceptors (Lipinski definition) is 1. The molecule has 56 heavy (non-hydrogen) atoms. The minimum atomic E-state index is 0.948. The van der Waals surface area contributed by atoms with Crippen molar-refractivity contribution < 1.29 is 0 Å². The van der Waals surface area contributed by atoms with Crippen molar-refractivity contribution in [1.29, 1.82) is 0 Å². The number of para-hydroxylation sites is 3.